The van der Waals surface area contributed by atoms with Gasteiger partial charge in [0.1, 0.15) is 12.1 Å². The number of alkyl halides is 2. The number of hydrogen-bond acceptors (Lipinski definition) is 4. The Morgan fingerprint density at radius 2 is 1.64 bits per heavy atom. The lowest BCUT2D eigenvalue weighted by Crippen LogP contribution is -2.54. The maximum atomic E-state index is 14.0. The highest BCUT2D eigenvalue weighted by atomic mass is 31.2. The third-order valence-electron chi connectivity index (χ3n) is 9.22. The molecule has 2 fully saturated rings. The van der Waals surface area contributed by atoms with Crippen LogP contribution in [0.1, 0.15) is 73.6 Å². The Labute approximate surface area is 261 Å². The molecule has 0 spiro atoms. The van der Waals surface area contributed by atoms with E-state index in [1.807, 2.05) is 23.1 Å². The van der Waals surface area contributed by atoms with Crippen LogP contribution in [0.15, 0.2) is 54.6 Å². The summed E-state index contributed by atoms with van der Waals surface area (Å²) in [5, 5.41) is 2.85. The molecule has 0 unspecified atom stereocenters. The molecule has 0 aromatic heterocycles. The lowest BCUT2D eigenvalue weighted by molar-refractivity contribution is -0.146. The van der Waals surface area contributed by atoms with Crippen molar-refractivity contribution in [1.29, 1.82) is 0 Å². The van der Waals surface area contributed by atoms with Crippen molar-refractivity contribution in [3.05, 3.63) is 76.9 Å². The van der Waals surface area contributed by atoms with Gasteiger partial charge in [-0.25, -0.2) is 0 Å². The molecule has 3 aliphatic rings. The molecule has 1 saturated carbocycles. The van der Waals surface area contributed by atoms with E-state index in [1.165, 1.54) is 29.8 Å². The van der Waals surface area contributed by atoms with Gasteiger partial charge in [-0.2, -0.15) is 8.78 Å². The largest absolute Gasteiger partial charge is 0.399 e. The van der Waals surface area contributed by atoms with Crippen LogP contribution in [0.25, 0.3) is 6.08 Å². The molecular weight excluding hydrogens is 603 g/mol. The number of nitrogens with one attached hydrogen (secondary N) is 1. The van der Waals surface area contributed by atoms with Gasteiger partial charge in [0.2, 0.25) is 17.7 Å². The van der Waals surface area contributed by atoms with Gasteiger partial charge in [-0.05, 0) is 54.4 Å². The molecule has 2 atom stereocenters. The first kappa shape index (κ1) is 33.0. The summed E-state index contributed by atoms with van der Waals surface area (Å²) in [5.41, 5.74) is -2.45. The highest BCUT2D eigenvalue weighted by Crippen LogP contribution is 2.59. The fourth-order valence-electron chi connectivity index (χ4n) is 6.71. The normalized spacial score (nSPS) is 20.2. The summed E-state index contributed by atoms with van der Waals surface area (Å²) in [4.78, 5) is 62.2. The van der Waals surface area contributed by atoms with Crippen LogP contribution in [-0.2, 0) is 37.6 Å². The van der Waals surface area contributed by atoms with Gasteiger partial charge in [-0.15, -0.1) is 0 Å². The average molecular weight is 644 g/mol. The number of halogens is 2. The van der Waals surface area contributed by atoms with E-state index in [-0.39, 0.29) is 17.7 Å². The molecule has 12 heteroatoms. The van der Waals surface area contributed by atoms with Crippen LogP contribution in [-0.4, -0.2) is 62.5 Å². The van der Waals surface area contributed by atoms with E-state index in [9.17, 15) is 27.7 Å². The number of fused-ring (bicyclic) bond motifs is 1. The van der Waals surface area contributed by atoms with Crippen molar-refractivity contribution in [1.82, 2.24) is 15.1 Å². The molecule has 2 aliphatic heterocycles. The van der Waals surface area contributed by atoms with Crippen LogP contribution in [0.5, 0.6) is 0 Å². The van der Waals surface area contributed by atoms with Crippen LogP contribution in [0.4, 0.5) is 8.78 Å². The van der Waals surface area contributed by atoms with Crippen molar-refractivity contribution in [3.63, 3.8) is 0 Å². The van der Waals surface area contributed by atoms with Crippen molar-refractivity contribution < 1.29 is 37.5 Å². The SMILES string of the molecule is O=C(/C=C/c1ccc(C(F)(F)P(=O)(O)O)cc1)N[C@@H](CC1CCCCC1)C(=O)N1CCC[C@H]1C(=O)N1CCc2ccccc2C1. The molecular formula is C33H40F2N3O6P. The third kappa shape index (κ3) is 7.71. The van der Waals surface area contributed by atoms with Gasteiger partial charge in [0.25, 0.3) is 0 Å². The number of benzene rings is 2. The van der Waals surface area contributed by atoms with E-state index in [0.717, 1.165) is 56.2 Å². The van der Waals surface area contributed by atoms with Crippen LogP contribution < -0.4 is 5.32 Å². The van der Waals surface area contributed by atoms with Gasteiger partial charge >= 0.3 is 13.3 Å². The molecule has 1 aliphatic carbocycles. The summed E-state index contributed by atoms with van der Waals surface area (Å²) in [7, 11) is -5.69. The first-order chi connectivity index (χ1) is 21.4. The van der Waals surface area contributed by atoms with Gasteiger partial charge in [0, 0.05) is 31.3 Å². The number of carbonyl (C=O) groups is 3. The van der Waals surface area contributed by atoms with E-state index >= 15 is 0 Å². The second-order valence-electron chi connectivity index (χ2n) is 12.3. The number of likely N-dealkylation sites (tertiary alicyclic amines) is 1. The zero-order chi connectivity index (χ0) is 32.2. The van der Waals surface area contributed by atoms with Gasteiger partial charge in [0.15, 0.2) is 0 Å². The Hall–Kier alpha value is -3.40. The summed E-state index contributed by atoms with van der Waals surface area (Å²) < 4.78 is 39.1. The topological polar surface area (TPSA) is 127 Å². The summed E-state index contributed by atoms with van der Waals surface area (Å²) in [5.74, 6) is -0.593. The molecule has 3 N–H and O–H groups in total. The lowest BCUT2D eigenvalue weighted by Gasteiger charge is -2.35. The summed E-state index contributed by atoms with van der Waals surface area (Å²) in [6.07, 6.45) is 10.3. The number of rotatable bonds is 9. The molecule has 1 saturated heterocycles. The Kier molecular flexibility index (Phi) is 10.2. The lowest BCUT2D eigenvalue weighted by atomic mass is 9.84. The minimum Gasteiger partial charge on any atom is -0.341 e. The summed E-state index contributed by atoms with van der Waals surface area (Å²) in [6.45, 7) is 1.55. The molecule has 3 amide bonds. The van der Waals surface area contributed by atoms with Gasteiger partial charge in [0.05, 0.1) is 0 Å². The molecule has 2 heterocycles. The summed E-state index contributed by atoms with van der Waals surface area (Å²) in [6, 6.07) is 10.9. The zero-order valence-corrected chi connectivity index (χ0v) is 26.0. The Morgan fingerprint density at radius 3 is 2.33 bits per heavy atom. The van der Waals surface area contributed by atoms with E-state index < -0.39 is 36.8 Å². The highest BCUT2D eigenvalue weighted by molar-refractivity contribution is 7.52. The maximum Gasteiger partial charge on any atom is 0.399 e. The second kappa shape index (κ2) is 13.9. The molecule has 2 aromatic rings. The van der Waals surface area contributed by atoms with Crippen LogP contribution in [0, 0.1) is 5.92 Å². The van der Waals surface area contributed by atoms with Crippen LogP contribution >= 0.6 is 7.60 Å². The molecule has 9 nitrogen and oxygen atoms in total. The Morgan fingerprint density at radius 1 is 0.956 bits per heavy atom. The fourth-order valence-corrected chi connectivity index (χ4v) is 7.20. The molecule has 45 heavy (non-hydrogen) atoms. The van der Waals surface area contributed by atoms with Gasteiger partial charge < -0.3 is 24.9 Å². The third-order valence-corrected chi connectivity index (χ3v) is 10.2. The highest BCUT2D eigenvalue weighted by Gasteiger charge is 2.50. The van der Waals surface area contributed by atoms with Crippen molar-refractivity contribution >= 4 is 31.4 Å². The predicted molar refractivity (Wildman–Crippen MR) is 165 cm³/mol. The second-order valence-corrected chi connectivity index (χ2v) is 14.0. The summed E-state index contributed by atoms with van der Waals surface area (Å²) >= 11 is 0. The standard InChI is InChI=1S/C33H40F2N3O6P/c34-33(35,45(42,43)44)27-15-12-23(13-16-27)14-17-30(39)36-28(21-24-7-2-1-3-8-24)31(40)38-19-6-11-29(38)32(41)37-20-18-25-9-4-5-10-26(25)22-37/h4-5,9-10,12-17,24,28-29H,1-3,6-8,11,18-22H2,(H,36,39)(H2,42,43,44)/b17-14+/t28-,29-/m0/s1. The molecule has 242 valence electrons. The fraction of sp³-hybridized carbons (Fsp3) is 0.485. The minimum atomic E-state index is -5.69. The van der Waals surface area contributed by atoms with Crippen molar-refractivity contribution in [2.45, 2.75) is 82.1 Å². The van der Waals surface area contributed by atoms with Crippen molar-refractivity contribution in [2.75, 3.05) is 13.1 Å². The number of amides is 3. The molecule has 2 aromatic carbocycles. The minimum absolute atomic E-state index is 0.0641. The van der Waals surface area contributed by atoms with E-state index in [1.54, 1.807) is 4.90 Å². The predicted octanol–water partition coefficient (Wildman–Crippen LogP) is 4.96. The Bertz CT molecular complexity index is 1470. The molecule has 0 bridgehead atoms. The van der Waals surface area contributed by atoms with Gasteiger partial charge in [-0.3, -0.25) is 18.9 Å². The monoisotopic (exact) mass is 643 g/mol. The van der Waals surface area contributed by atoms with E-state index in [4.69, 9.17) is 9.79 Å². The van der Waals surface area contributed by atoms with Crippen LogP contribution in [0.2, 0.25) is 0 Å². The quantitative estimate of drug-likeness (QED) is 0.262. The number of nitrogens with zero attached hydrogens (tertiary/aromatic N) is 2. The number of hydrogen-bond donors (Lipinski definition) is 3. The zero-order valence-electron chi connectivity index (χ0n) is 25.1. The first-order valence-electron chi connectivity index (χ1n) is 15.6. The van der Waals surface area contributed by atoms with Crippen molar-refractivity contribution in [2.24, 2.45) is 5.92 Å². The average Bonchev–Trinajstić information content (AvgIpc) is 3.53. The van der Waals surface area contributed by atoms with Gasteiger partial charge in [-0.1, -0.05) is 80.6 Å². The first-order valence-corrected chi connectivity index (χ1v) is 17.2. The van der Waals surface area contributed by atoms with Crippen LogP contribution in [0.3, 0.4) is 0 Å². The number of carbonyl (C=O) groups excluding carboxylic acids is 3. The van der Waals surface area contributed by atoms with Crippen molar-refractivity contribution in [3.8, 4) is 0 Å². The smallest absolute Gasteiger partial charge is 0.341 e. The van der Waals surface area contributed by atoms with E-state index in [0.29, 0.717) is 44.5 Å². The maximum absolute atomic E-state index is 14.0. The molecule has 5 rings (SSSR count). The Balaban J connectivity index is 1.27. The molecule has 0 radical (unpaired) electrons. The van der Waals surface area contributed by atoms with E-state index in [2.05, 4.69) is 11.4 Å².